The highest BCUT2D eigenvalue weighted by Crippen LogP contribution is 2.28. The molecule has 0 fully saturated rings. The van der Waals surface area contributed by atoms with E-state index in [4.69, 9.17) is 17.5 Å². The number of carbonyl (C=O) groups is 1. The Bertz CT molecular complexity index is 534. The van der Waals surface area contributed by atoms with E-state index in [1.54, 1.807) is 6.07 Å². The van der Waals surface area contributed by atoms with Gasteiger partial charge in [0, 0.05) is 6.20 Å². The maximum atomic E-state index is 12.3. The SMILES string of the molecule is CC(=O)C(C#N)C(=S)Nc1ccc(C(F)(F)F)cn1. The molecule has 1 aromatic rings. The number of Topliss-reactive ketones (excluding diaryl/α,β-unsaturated/α-hetero) is 1. The molecule has 0 aromatic carbocycles. The fourth-order valence-corrected chi connectivity index (χ4v) is 1.49. The zero-order valence-corrected chi connectivity index (χ0v) is 10.5. The van der Waals surface area contributed by atoms with Crippen molar-refractivity contribution in [1.82, 2.24) is 4.98 Å². The van der Waals surface area contributed by atoms with Gasteiger partial charge in [-0.3, -0.25) is 4.79 Å². The van der Waals surface area contributed by atoms with Crippen molar-refractivity contribution in [2.45, 2.75) is 13.1 Å². The van der Waals surface area contributed by atoms with Crippen molar-refractivity contribution in [1.29, 1.82) is 5.26 Å². The lowest BCUT2D eigenvalue weighted by Crippen LogP contribution is -2.25. The molecule has 0 saturated heterocycles. The Morgan fingerprint density at radius 3 is 2.53 bits per heavy atom. The van der Waals surface area contributed by atoms with Crippen molar-refractivity contribution in [2.75, 3.05) is 5.32 Å². The summed E-state index contributed by atoms with van der Waals surface area (Å²) in [5.74, 6) is -1.55. The van der Waals surface area contributed by atoms with Gasteiger partial charge in [-0.2, -0.15) is 18.4 Å². The third kappa shape index (κ3) is 3.99. The van der Waals surface area contributed by atoms with Crippen LogP contribution in [0.5, 0.6) is 0 Å². The molecule has 1 N–H and O–H groups in total. The molecule has 100 valence electrons. The number of nitriles is 1. The smallest absolute Gasteiger partial charge is 0.333 e. The summed E-state index contributed by atoms with van der Waals surface area (Å²) in [6, 6.07) is 3.60. The van der Waals surface area contributed by atoms with Crippen molar-refractivity contribution in [3.05, 3.63) is 23.9 Å². The van der Waals surface area contributed by atoms with E-state index >= 15 is 0 Å². The molecular weight excluding hydrogens is 279 g/mol. The highest BCUT2D eigenvalue weighted by Gasteiger charge is 2.30. The Morgan fingerprint density at radius 2 is 2.16 bits per heavy atom. The Labute approximate surface area is 112 Å². The molecule has 0 saturated carbocycles. The lowest BCUT2D eigenvalue weighted by Gasteiger charge is -2.11. The van der Waals surface area contributed by atoms with E-state index < -0.39 is 23.4 Å². The van der Waals surface area contributed by atoms with Crippen LogP contribution < -0.4 is 5.32 Å². The molecule has 1 rings (SSSR count). The first-order valence-electron chi connectivity index (χ1n) is 5.00. The number of hydrogen-bond acceptors (Lipinski definition) is 4. The minimum Gasteiger partial charge on any atom is -0.333 e. The van der Waals surface area contributed by atoms with Crippen LogP contribution in [0.4, 0.5) is 19.0 Å². The summed E-state index contributed by atoms with van der Waals surface area (Å²) in [5.41, 5.74) is -0.896. The van der Waals surface area contributed by atoms with Crippen molar-refractivity contribution >= 4 is 28.8 Å². The molecule has 0 aliphatic carbocycles. The van der Waals surface area contributed by atoms with Crippen molar-refractivity contribution in [2.24, 2.45) is 5.92 Å². The number of ketones is 1. The maximum absolute atomic E-state index is 12.3. The minimum atomic E-state index is -4.47. The van der Waals surface area contributed by atoms with E-state index in [0.717, 1.165) is 12.1 Å². The Morgan fingerprint density at radius 1 is 1.53 bits per heavy atom. The van der Waals surface area contributed by atoms with Crippen LogP contribution in [0.25, 0.3) is 0 Å². The number of pyridine rings is 1. The van der Waals surface area contributed by atoms with Gasteiger partial charge in [-0.05, 0) is 19.1 Å². The van der Waals surface area contributed by atoms with Crippen molar-refractivity contribution < 1.29 is 18.0 Å². The number of hydrogen-bond donors (Lipinski definition) is 1. The van der Waals surface area contributed by atoms with Crippen LogP contribution >= 0.6 is 12.2 Å². The monoisotopic (exact) mass is 287 g/mol. The molecule has 1 atom stereocenters. The first-order valence-corrected chi connectivity index (χ1v) is 5.40. The highest BCUT2D eigenvalue weighted by molar-refractivity contribution is 7.80. The zero-order valence-electron chi connectivity index (χ0n) is 9.65. The highest BCUT2D eigenvalue weighted by atomic mass is 32.1. The summed E-state index contributed by atoms with van der Waals surface area (Å²) in [6.45, 7) is 1.20. The second-order valence-electron chi connectivity index (χ2n) is 3.59. The molecule has 1 unspecified atom stereocenters. The topological polar surface area (TPSA) is 65.8 Å². The van der Waals surface area contributed by atoms with Gasteiger partial charge in [0.1, 0.15) is 10.8 Å². The van der Waals surface area contributed by atoms with Gasteiger partial charge in [0.05, 0.1) is 11.6 Å². The third-order valence-electron chi connectivity index (χ3n) is 2.14. The van der Waals surface area contributed by atoms with E-state index in [9.17, 15) is 18.0 Å². The number of rotatable bonds is 3. The molecule has 0 aliphatic heterocycles. The van der Waals surface area contributed by atoms with Gasteiger partial charge in [-0.15, -0.1) is 0 Å². The number of alkyl halides is 3. The summed E-state index contributed by atoms with van der Waals surface area (Å²) < 4.78 is 36.9. The maximum Gasteiger partial charge on any atom is 0.417 e. The largest absolute Gasteiger partial charge is 0.417 e. The van der Waals surface area contributed by atoms with Crippen LogP contribution in [0.2, 0.25) is 0 Å². The van der Waals surface area contributed by atoms with Crippen LogP contribution in [0.3, 0.4) is 0 Å². The fraction of sp³-hybridized carbons (Fsp3) is 0.273. The van der Waals surface area contributed by atoms with Crippen LogP contribution in [-0.2, 0) is 11.0 Å². The van der Waals surface area contributed by atoms with Gasteiger partial charge in [-0.1, -0.05) is 12.2 Å². The van der Waals surface area contributed by atoms with Gasteiger partial charge in [0.15, 0.2) is 11.7 Å². The van der Waals surface area contributed by atoms with Gasteiger partial charge in [-0.25, -0.2) is 4.98 Å². The number of carbonyl (C=O) groups excluding carboxylic acids is 1. The Hall–Kier alpha value is -2.01. The number of nitrogens with zero attached hydrogens (tertiary/aromatic N) is 2. The molecule has 0 amide bonds. The lowest BCUT2D eigenvalue weighted by molar-refractivity contribution is -0.137. The average molecular weight is 287 g/mol. The van der Waals surface area contributed by atoms with Crippen molar-refractivity contribution in [3.63, 3.8) is 0 Å². The molecule has 4 nitrogen and oxygen atoms in total. The zero-order chi connectivity index (χ0) is 14.6. The van der Waals surface area contributed by atoms with Crippen LogP contribution in [0.1, 0.15) is 12.5 Å². The molecule has 19 heavy (non-hydrogen) atoms. The molecule has 0 spiro atoms. The Balaban J connectivity index is 2.82. The first kappa shape index (κ1) is 15.0. The van der Waals surface area contributed by atoms with Gasteiger partial charge in [0.25, 0.3) is 0 Å². The second kappa shape index (κ2) is 5.75. The van der Waals surface area contributed by atoms with Crippen LogP contribution in [-0.4, -0.2) is 15.8 Å². The third-order valence-corrected chi connectivity index (χ3v) is 2.48. The predicted molar refractivity (Wildman–Crippen MR) is 65.2 cm³/mol. The minimum absolute atomic E-state index is 0.0412. The van der Waals surface area contributed by atoms with Gasteiger partial charge in [0.2, 0.25) is 0 Å². The Kier molecular flexibility index (Phi) is 4.56. The summed E-state index contributed by atoms with van der Waals surface area (Å²) in [7, 11) is 0. The van der Waals surface area contributed by atoms with Gasteiger partial charge < -0.3 is 5.32 Å². The number of halogens is 3. The molecule has 0 aliphatic rings. The molecule has 0 bridgehead atoms. The molecular formula is C11H8F3N3OS. The van der Waals surface area contributed by atoms with Gasteiger partial charge >= 0.3 is 6.18 Å². The summed E-state index contributed by atoms with van der Waals surface area (Å²) in [6.07, 6.45) is -3.83. The summed E-state index contributed by atoms with van der Waals surface area (Å²) in [4.78, 5) is 14.5. The van der Waals surface area contributed by atoms with E-state index in [2.05, 4.69) is 10.3 Å². The van der Waals surface area contributed by atoms with Crippen LogP contribution in [0, 0.1) is 17.2 Å². The number of thiocarbonyl (C=S) groups is 1. The van der Waals surface area contributed by atoms with E-state index in [-0.39, 0.29) is 10.8 Å². The number of anilines is 1. The first-order chi connectivity index (χ1) is 8.75. The number of aromatic nitrogens is 1. The normalized spacial score (nSPS) is 12.4. The predicted octanol–water partition coefficient (Wildman–Crippen LogP) is 2.57. The fourth-order valence-electron chi connectivity index (χ4n) is 1.17. The molecule has 1 heterocycles. The van der Waals surface area contributed by atoms with E-state index in [1.807, 2.05) is 0 Å². The van der Waals surface area contributed by atoms with Crippen molar-refractivity contribution in [3.8, 4) is 6.07 Å². The quantitative estimate of drug-likeness (QED) is 0.865. The molecule has 0 radical (unpaired) electrons. The van der Waals surface area contributed by atoms with E-state index in [1.165, 1.54) is 6.92 Å². The molecule has 8 heteroatoms. The molecule has 1 aromatic heterocycles. The van der Waals surface area contributed by atoms with Crippen LogP contribution in [0.15, 0.2) is 18.3 Å². The van der Waals surface area contributed by atoms with E-state index in [0.29, 0.717) is 6.20 Å². The number of nitrogens with one attached hydrogen (secondary N) is 1. The summed E-state index contributed by atoms with van der Waals surface area (Å²) in [5, 5.41) is 11.2. The second-order valence-corrected chi connectivity index (χ2v) is 4.03. The standard InChI is InChI=1S/C11H8F3N3OS/c1-6(18)8(4-15)10(19)17-9-3-2-7(5-16-9)11(12,13)14/h2-3,5,8H,1H3,(H,16,17,19). The lowest BCUT2D eigenvalue weighted by atomic mass is 10.1. The average Bonchev–Trinajstić information content (AvgIpc) is 2.28. The summed E-state index contributed by atoms with van der Waals surface area (Å²) >= 11 is 4.82.